The first-order valence-electron chi connectivity index (χ1n) is 8.81. The van der Waals surface area contributed by atoms with E-state index >= 15 is 0 Å². The third-order valence-electron chi connectivity index (χ3n) is 4.01. The third kappa shape index (κ3) is 9.14. The normalized spacial score (nSPS) is 11.6. The first kappa shape index (κ1) is 19.1. The highest BCUT2D eigenvalue weighted by Gasteiger charge is 2.11. The summed E-state index contributed by atoms with van der Waals surface area (Å²) in [6.07, 6.45) is 9.30. The second-order valence-corrected chi connectivity index (χ2v) is 13.2. The van der Waals surface area contributed by atoms with Gasteiger partial charge in [0.15, 0.2) is 0 Å². The molecule has 0 unspecified atom stereocenters. The molecular formula is C19H34O2Si. The van der Waals surface area contributed by atoms with Crippen molar-refractivity contribution < 1.29 is 9.84 Å². The summed E-state index contributed by atoms with van der Waals surface area (Å²) in [7, 11) is -0.815. The highest BCUT2D eigenvalue weighted by molar-refractivity contribution is 6.76. The van der Waals surface area contributed by atoms with E-state index < -0.39 is 8.07 Å². The van der Waals surface area contributed by atoms with E-state index in [1.165, 1.54) is 44.6 Å². The van der Waals surface area contributed by atoms with E-state index in [4.69, 9.17) is 4.74 Å². The number of phenolic OH excluding ortho intramolecular Hbond substituents is 1. The van der Waals surface area contributed by atoms with Gasteiger partial charge in [-0.15, -0.1) is 0 Å². The van der Waals surface area contributed by atoms with Gasteiger partial charge in [0, 0.05) is 8.07 Å². The molecule has 0 aliphatic rings. The molecule has 0 aromatic heterocycles. The second-order valence-electron chi connectivity index (χ2n) is 7.58. The van der Waals surface area contributed by atoms with Crippen LogP contribution in [0.4, 0.5) is 0 Å². The van der Waals surface area contributed by atoms with Crippen molar-refractivity contribution in [3.63, 3.8) is 0 Å². The van der Waals surface area contributed by atoms with Crippen LogP contribution in [0.1, 0.15) is 50.5 Å². The predicted octanol–water partition coefficient (Wildman–Crippen LogP) is 6.15. The molecule has 0 aliphatic heterocycles. The Morgan fingerprint density at radius 2 is 1.50 bits per heavy atom. The lowest BCUT2D eigenvalue weighted by Gasteiger charge is -2.14. The van der Waals surface area contributed by atoms with Crippen molar-refractivity contribution in [2.75, 3.05) is 6.61 Å². The summed E-state index contributed by atoms with van der Waals surface area (Å²) in [6, 6.07) is 6.91. The van der Waals surface area contributed by atoms with Crippen molar-refractivity contribution in [1.82, 2.24) is 0 Å². The van der Waals surface area contributed by atoms with Gasteiger partial charge >= 0.3 is 0 Å². The van der Waals surface area contributed by atoms with E-state index in [0.717, 1.165) is 24.3 Å². The van der Waals surface area contributed by atoms with Crippen LogP contribution in [0.15, 0.2) is 18.2 Å². The molecule has 0 amide bonds. The molecule has 1 aromatic rings. The van der Waals surface area contributed by atoms with E-state index in [-0.39, 0.29) is 0 Å². The molecule has 0 fully saturated rings. The van der Waals surface area contributed by atoms with E-state index in [1.54, 1.807) is 6.07 Å². The molecule has 0 aliphatic carbocycles. The Bertz CT molecular complexity index is 424. The number of benzene rings is 1. The molecule has 1 aromatic carbocycles. The van der Waals surface area contributed by atoms with Crippen LogP contribution in [0.2, 0.25) is 25.7 Å². The van der Waals surface area contributed by atoms with Gasteiger partial charge in [0.2, 0.25) is 0 Å². The molecule has 1 rings (SSSR count). The lowest BCUT2D eigenvalue weighted by atomic mass is 10.1. The number of hydrogen-bond donors (Lipinski definition) is 1. The van der Waals surface area contributed by atoms with Gasteiger partial charge in [0.05, 0.1) is 6.61 Å². The highest BCUT2D eigenvalue weighted by Crippen LogP contribution is 2.22. The first-order chi connectivity index (χ1) is 10.4. The summed E-state index contributed by atoms with van der Waals surface area (Å²) in [4.78, 5) is 0. The van der Waals surface area contributed by atoms with Crippen molar-refractivity contribution >= 4 is 8.07 Å². The Hall–Kier alpha value is -0.963. The smallest absolute Gasteiger partial charge is 0.119 e. The van der Waals surface area contributed by atoms with Gasteiger partial charge < -0.3 is 9.84 Å². The van der Waals surface area contributed by atoms with Crippen LogP contribution in [0.3, 0.4) is 0 Å². The average molecular weight is 323 g/mol. The largest absolute Gasteiger partial charge is 0.508 e. The van der Waals surface area contributed by atoms with Gasteiger partial charge in [-0.05, 0) is 37.1 Å². The molecular weight excluding hydrogens is 288 g/mol. The second kappa shape index (κ2) is 9.93. The molecule has 126 valence electrons. The average Bonchev–Trinajstić information content (AvgIpc) is 2.43. The topological polar surface area (TPSA) is 29.5 Å². The number of unbranched alkanes of at least 4 members (excludes halogenated alkanes) is 6. The Balaban J connectivity index is 1.94. The van der Waals surface area contributed by atoms with Crippen LogP contribution in [0, 0.1) is 6.92 Å². The van der Waals surface area contributed by atoms with Crippen LogP contribution in [-0.2, 0) is 0 Å². The van der Waals surface area contributed by atoms with E-state index in [0.29, 0.717) is 5.75 Å². The molecule has 0 heterocycles. The van der Waals surface area contributed by atoms with Gasteiger partial charge in [-0.25, -0.2) is 0 Å². The van der Waals surface area contributed by atoms with Crippen molar-refractivity contribution in [3.05, 3.63) is 23.8 Å². The van der Waals surface area contributed by atoms with Crippen LogP contribution in [-0.4, -0.2) is 19.8 Å². The van der Waals surface area contributed by atoms with Gasteiger partial charge in [0.1, 0.15) is 11.5 Å². The summed E-state index contributed by atoms with van der Waals surface area (Å²) in [5.41, 5.74) is 0.871. The summed E-state index contributed by atoms with van der Waals surface area (Å²) >= 11 is 0. The Morgan fingerprint density at radius 1 is 0.909 bits per heavy atom. The number of rotatable bonds is 11. The van der Waals surface area contributed by atoms with E-state index in [9.17, 15) is 5.11 Å². The Kier molecular flexibility index (Phi) is 8.62. The zero-order valence-electron chi connectivity index (χ0n) is 15.0. The van der Waals surface area contributed by atoms with Crippen molar-refractivity contribution in [1.29, 1.82) is 0 Å². The quantitative estimate of drug-likeness (QED) is 0.391. The maximum atomic E-state index is 9.47. The minimum atomic E-state index is -0.815. The summed E-state index contributed by atoms with van der Waals surface area (Å²) in [5.74, 6) is 1.20. The maximum Gasteiger partial charge on any atom is 0.119 e. The van der Waals surface area contributed by atoms with Crippen molar-refractivity contribution in [3.8, 4) is 11.5 Å². The Morgan fingerprint density at radius 3 is 2.09 bits per heavy atom. The number of aromatic hydroxyl groups is 1. The lowest BCUT2D eigenvalue weighted by molar-refractivity contribution is 0.303. The third-order valence-corrected chi connectivity index (χ3v) is 5.86. The molecule has 0 atom stereocenters. The van der Waals surface area contributed by atoms with Crippen LogP contribution in [0.25, 0.3) is 0 Å². The van der Waals surface area contributed by atoms with Crippen LogP contribution >= 0.6 is 0 Å². The minimum absolute atomic E-state index is 0.335. The molecule has 0 spiro atoms. The van der Waals surface area contributed by atoms with Crippen molar-refractivity contribution in [2.45, 2.75) is 77.6 Å². The predicted molar refractivity (Wildman–Crippen MR) is 98.8 cm³/mol. The molecule has 22 heavy (non-hydrogen) atoms. The van der Waals surface area contributed by atoms with Gasteiger partial charge in [0.25, 0.3) is 0 Å². The highest BCUT2D eigenvalue weighted by atomic mass is 28.3. The van der Waals surface area contributed by atoms with Gasteiger partial charge in [-0.1, -0.05) is 64.2 Å². The zero-order chi connectivity index (χ0) is 16.4. The van der Waals surface area contributed by atoms with Crippen LogP contribution < -0.4 is 4.74 Å². The van der Waals surface area contributed by atoms with Crippen LogP contribution in [0.5, 0.6) is 11.5 Å². The molecule has 2 nitrogen and oxygen atoms in total. The molecule has 3 heteroatoms. The van der Waals surface area contributed by atoms with E-state index in [1.807, 2.05) is 19.1 Å². The maximum absolute atomic E-state index is 9.47. The fraction of sp³-hybridized carbons (Fsp3) is 0.684. The number of ether oxygens (including phenoxy) is 1. The fourth-order valence-electron chi connectivity index (χ4n) is 2.55. The Labute approximate surface area is 137 Å². The SMILES string of the molecule is Cc1cc(OCCCCCCCCC[Si](C)(C)C)ccc1O. The van der Waals surface area contributed by atoms with Crippen molar-refractivity contribution in [2.24, 2.45) is 0 Å². The fourth-order valence-corrected chi connectivity index (χ4v) is 3.86. The summed E-state index contributed by atoms with van der Waals surface area (Å²) < 4.78 is 5.72. The standard InChI is InChI=1S/C19H34O2Si/c1-17-16-18(12-13-19(17)20)21-14-10-8-6-5-7-9-11-15-22(2,3)4/h12-13,16,20H,5-11,14-15H2,1-4H3. The number of hydrogen-bond acceptors (Lipinski definition) is 2. The molecule has 0 saturated heterocycles. The first-order valence-corrected chi connectivity index (χ1v) is 12.5. The lowest BCUT2D eigenvalue weighted by Crippen LogP contribution is -2.18. The molecule has 0 saturated carbocycles. The van der Waals surface area contributed by atoms with E-state index in [2.05, 4.69) is 19.6 Å². The number of aryl methyl sites for hydroxylation is 1. The molecule has 0 bridgehead atoms. The summed E-state index contributed by atoms with van der Waals surface area (Å²) in [5, 5.41) is 9.47. The zero-order valence-corrected chi connectivity index (χ0v) is 16.0. The molecule has 1 N–H and O–H groups in total. The van der Waals surface area contributed by atoms with Gasteiger partial charge in [-0.3, -0.25) is 0 Å². The minimum Gasteiger partial charge on any atom is -0.508 e. The monoisotopic (exact) mass is 322 g/mol. The van der Waals surface area contributed by atoms with Gasteiger partial charge in [-0.2, -0.15) is 0 Å². The summed E-state index contributed by atoms with van der Waals surface area (Å²) in [6.45, 7) is 10.1. The molecule has 0 radical (unpaired) electrons. The number of phenols is 1.